The molecule has 78 valence electrons. The van der Waals surface area contributed by atoms with Gasteiger partial charge in [0.05, 0.1) is 11.0 Å². The van der Waals surface area contributed by atoms with Crippen LogP contribution in [0.3, 0.4) is 0 Å². The lowest BCUT2D eigenvalue weighted by Gasteiger charge is -1.94. The number of benzene rings is 1. The maximum atomic E-state index is 11.0. The molecular weight excluding hydrogens is 206 g/mol. The molecule has 3 rings (SSSR count). The smallest absolute Gasteiger partial charge is 0.284 e. The molecule has 3 N–H and O–H groups in total. The monoisotopic (exact) mass is 213 g/mol. The fraction of sp³-hybridized carbons (Fsp3) is 0. The van der Waals surface area contributed by atoms with E-state index in [-0.39, 0.29) is 5.82 Å². The third-order valence-corrected chi connectivity index (χ3v) is 2.32. The number of H-pyrrole nitrogens is 1. The molecule has 1 aromatic carbocycles. The van der Waals surface area contributed by atoms with E-state index in [1.54, 1.807) is 18.5 Å². The number of hydrogen-bond donors (Lipinski definition) is 2. The van der Waals surface area contributed by atoms with Crippen molar-refractivity contribution >= 4 is 28.0 Å². The third kappa shape index (κ3) is 1.13. The molecular formula is C10H7N5O. The molecule has 2 heterocycles. The first-order valence-electron chi connectivity index (χ1n) is 4.65. The van der Waals surface area contributed by atoms with E-state index in [9.17, 15) is 4.79 Å². The number of fused-ring (bicyclic) bond motifs is 3. The minimum absolute atomic E-state index is 0.133. The van der Waals surface area contributed by atoms with Gasteiger partial charge in [-0.15, -0.1) is 0 Å². The molecule has 0 unspecified atom stereocenters. The molecule has 0 radical (unpaired) electrons. The van der Waals surface area contributed by atoms with Gasteiger partial charge in [0.15, 0.2) is 5.82 Å². The molecule has 0 saturated carbocycles. The number of aromatic nitrogens is 4. The van der Waals surface area contributed by atoms with Gasteiger partial charge in [0.2, 0.25) is 0 Å². The van der Waals surface area contributed by atoms with Crippen LogP contribution >= 0.6 is 0 Å². The summed E-state index contributed by atoms with van der Waals surface area (Å²) < 4.78 is 0. The summed E-state index contributed by atoms with van der Waals surface area (Å²) in [5.74, 6) is -0.457. The van der Waals surface area contributed by atoms with Crippen LogP contribution in [0.25, 0.3) is 22.1 Å². The average Bonchev–Trinajstić information content (AvgIpc) is 2.73. The number of carbonyl (C=O) groups is 1. The van der Waals surface area contributed by atoms with E-state index in [2.05, 4.69) is 19.9 Å². The fourth-order valence-corrected chi connectivity index (χ4v) is 1.62. The van der Waals surface area contributed by atoms with Gasteiger partial charge in [0, 0.05) is 12.4 Å². The molecule has 0 aliphatic carbocycles. The van der Waals surface area contributed by atoms with Gasteiger partial charge >= 0.3 is 0 Å². The van der Waals surface area contributed by atoms with Crippen molar-refractivity contribution in [3.8, 4) is 0 Å². The summed E-state index contributed by atoms with van der Waals surface area (Å²) in [5.41, 5.74) is 7.88. The Morgan fingerprint density at radius 2 is 2.00 bits per heavy atom. The number of imidazole rings is 1. The van der Waals surface area contributed by atoms with E-state index < -0.39 is 5.91 Å². The molecule has 0 aliphatic heterocycles. The third-order valence-electron chi connectivity index (χ3n) is 2.32. The zero-order chi connectivity index (χ0) is 11.1. The number of hydrogen-bond acceptors (Lipinski definition) is 4. The molecule has 0 bridgehead atoms. The summed E-state index contributed by atoms with van der Waals surface area (Å²) in [6.45, 7) is 0. The number of nitrogens with one attached hydrogen (secondary N) is 1. The second kappa shape index (κ2) is 2.99. The highest BCUT2D eigenvalue weighted by Gasteiger charge is 2.10. The predicted octanol–water partition coefficient (Wildman–Crippen LogP) is 0.605. The van der Waals surface area contributed by atoms with Crippen molar-refractivity contribution in [2.45, 2.75) is 0 Å². The summed E-state index contributed by atoms with van der Waals surface area (Å²) >= 11 is 0. The number of amides is 1. The number of primary amides is 1. The number of nitrogens with two attached hydrogens (primary N) is 1. The Hall–Kier alpha value is -2.50. The van der Waals surface area contributed by atoms with E-state index in [0.29, 0.717) is 11.0 Å². The van der Waals surface area contributed by atoms with Crippen molar-refractivity contribution in [3.63, 3.8) is 0 Å². The fourth-order valence-electron chi connectivity index (χ4n) is 1.62. The van der Waals surface area contributed by atoms with Gasteiger partial charge < -0.3 is 10.7 Å². The summed E-state index contributed by atoms with van der Waals surface area (Å²) in [7, 11) is 0. The topological polar surface area (TPSA) is 97.6 Å². The van der Waals surface area contributed by atoms with E-state index >= 15 is 0 Å². The maximum absolute atomic E-state index is 11.0. The van der Waals surface area contributed by atoms with E-state index in [4.69, 9.17) is 5.73 Å². The number of nitrogens with zero attached hydrogens (tertiary/aromatic N) is 3. The highest BCUT2D eigenvalue weighted by molar-refractivity contribution is 6.02. The Balaban J connectivity index is 2.46. The quantitative estimate of drug-likeness (QED) is 0.618. The molecule has 6 nitrogen and oxygen atoms in total. The van der Waals surface area contributed by atoms with Crippen LogP contribution in [0.5, 0.6) is 0 Å². The maximum Gasteiger partial charge on any atom is 0.284 e. The first-order chi connectivity index (χ1) is 7.75. The van der Waals surface area contributed by atoms with Gasteiger partial charge in [-0.2, -0.15) is 0 Å². The van der Waals surface area contributed by atoms with Crippen molar-refractivity contribution in [2.24, 2.45) is 5.73 Å². The van der Waals surface area contributed by atoms with Crippen molar-refractivity contribution in [2.75, 3.05) is 0 Å². The van der Waals surface area contributed by atoms with Gasteiger partial charge in [-0.05, 0) is 12.1 Å². The first kappa shape index (κ1) is 8.78. The molecule has 1 amide bonds. The van der Waals surface area contributed by atoms with Crippen LogP contribution in [0.15, 0.2) is 24.5 Å². The van der Waals surface area contributed by atoms with Crippen LogP contribution in [-0.4, -0.2) is 25.8 Å². The van der Waals surface area contributed by atoms with Gasteiger partial charge in [-0.3, -0.25) is 14.8 Å². The van der Waals surface area contributed by atoms with Crippen molar-refractivity contribution in [3.05, 3.63) is 30.4 Å². The molecule has 0 atom stereocenters. The lowest BCUT2D eigenvalue weighted by molar-refractivity contribution is 0.0991. The van der Waals surface area contributed by atoms with Crippen LogP contribution in [0.2, 0.25) is 0 Å². The standard InChI is InChI=1S/C10H7N5O/c11-9(16)10-14-6-2-1-5-7(8(6)15-10)13-4-3-12-5/h1-4H,(H2,11,16)(H,14,15). The van der Waals surface area contributed by atoms with E-state index in [1.165, 1.54) is 0 Å². The first-order valence-corrected chi connectivity index (χ1v) is 4.65. The van der Waals surface area contributed by atoms with Crippen LogP contribution in [0.4, 0.5) is 0 Å². The summed E-state index contributed by atoms with van der Waals surface area (Å²) in [4.78, 5) is 26.3. The van der Waals surface area contributed by atoms with Crippen LogP contribution in [-0.2, 0) is 0 Å². The zero-order valence-electron chi connectivity index (χ0n) is 8.14. The number of rotatable bonds is 1. The zero-order valence-corrected chi connectivity index (χ0v) is 8.14. The average molecular weight is 213 g/mol. The lowest BCUT2D eigenvalue weighted by atomic mass is 10.2. The van der Waals surface area contributed by atoms with Crippen LogP contribution < -0.4 is 5.73 Å². The number of aromatic amines is 1. The highest BCUT2D eigenvalue weighted by atomic mass is 16.1. The SMILES string of the molecule is NC(=O)c1nc2c(ccc3nccnc32)[nH]1. The van der Waals surface area contributed by atoms with Gasteiger partial charge in [-0.25, -0.2) is 4.98 Å². The van der Waals surface area contributed by atoms with Crippen molar-refractivity contribution in [1.82, 2.24) is 19.9 Å². The summed E-state index contributed by atoms with van der Waals surface area (Å²) in [6.07, 6.45) is 3.19. The number of carbonyl (C=O) groups excluding carboxylic acids is 1. The van der Waals surface area contributed by atoms with Gasteiger partial charge in [-0.1, -0.05) is 0 Å². The van der Waals surface area contributed by atoms with Crippen LogP contribution in [0.1, 0.15) is 10.6 Å². The van der Waals surface area contributed by atoms with Crippen LogP contribution in [0, 0.1) is 0 Å². The van der Waals surface area contributed by atoms with Crippen molar-refractivity contribution < 1.29 is 4.79 Å². The Kier molecular flexibility index (Phi) is 1.64. The van der Waals surface area contributed by atoms with Gasteiger partial charge in [0.25, 0.3) is 5.91 Å². The normalized spacial score (nSPS) is 11.0. The Morgan fingerprint density at radius 3 is 2.81 bits per heavy atom. The molecule has 0 saturated heterocycles. The minimum atomic E-state index is -0.590. The Morgan fingerprint density at radius 1 is 1.19 bits per heavy atom. The minimum Gasteiger partial charge on any atom is -0.363 e. The predicted molar refractivity (Wildman–Crippen MR) is 57.7 cm³/mol. The van der Waals surface area contributed by atoms with Gasteiger partial charge in [0.1, 0.15) is 11.0 Å². The molecule has 16 heavy (non-hydrogen) atoms. The lowest BCUT2D eigenvalue weighted by Crippen LogP contribution is -2.12. The largest absolute Gasteiger partial charge is 0.363 e. The molecule has 0 spiro atoms. The second-order valence-electron chi connectivity index (χ2n) is 3.34. The molecule has 0 aliphatic rings. The van der Waals surface area contributed by atoms with E-state index in [1.807, 2.05) is 6.07 Å². The Labute approximate surface area is 89.5 Å². The highest BCUT2D eigenvalue weighted by Crippen LogP contribution is 2.19. The van der Waals surface area contributed by atoms with E-state index in [0.717, 1.165) is 11.0 Å². The van der Waals surface area contributed by atoms with Crippen molar-refractivity contribution in [1.29, 1.82) is 0 Å². The summed E-state index contributed by atoms with van der Waals surface area (Å²) in [5, 5.41) is 0. The second-order valence-corrected chi connectivity index (χ2v) is 3.34. The summed E-state index contributed by atoms with van der Waals surface area (Å²) in [6, 6.07) is 3.61. The molecule has 2 aromatic heterocycles. The molecule has 0 fully saturated rings. The Bertz CT molecular complexity index is 703. The molecule has 6 heteroatoms. The molecule has 3 aromatic rings.